The summed E-state index contributed by atoms with van der Waals surface area (Å²) < 4.78 is 16.5. The summed E-state index contributed by atoms with van der Waals surface area (Å²) in [6.45, 7) is 1.51. The monoisotopic (exact) mass is 389 g/mol. The molecule has 3 aromatic rings. The van der Waals surface area contributed by atoms with Gasteiger partial charge in [-0.15, -0.1) is 5.10 Å². The molecule has 1 aliphatic rings. The van der Waals surface area contributed by atoms with Gasteiger partial charge in [0, 0.05) is 41.0 Å². The molecule has 122 valence electrons. The number of carbonyl (C=O) groups excluding carboxylic acids is 1. The van der Waals surface area contributed by atoms with E-state index in [1.54, 1.807) is 23.4 Å². The summed E-state index contributed by atoms with van der Waals surface area (Å²) in [6.07, 6.45) is 4.36. The van der Waals surface area contributed by atoms with Crippen molar-refractivity contribution in [1.82, 2.24) is 19.7 Å². The number of likely N-dealkylation sites (tertiary alicyclic amines) is 1. The lowest BCUT2D eigenvalue weighted by atomic mass is 10.2. The van der Waals surface area contributed by atoms with Gasteiger partial charge in [0.1, 0.15) is 11.5 Å². The van der Waals surface area contributed by atoms with E-state index in [9.17, 15) is 9.18 Å². The number of hydrogen-bond acceptors (Lipinski definition) is 3. The molecule has 2 aromatic heterocycles. The van der Waals surface area contributed by atoms with Gasteiger partial charge in [-0.3, -0.25) is 0 Å². The molecule has 0 unspecified atom stereocenters. The Morgan fingerprint density at radius 2 is 2.12 bits per heavy atom. The van der Waals surface area contributed by atoms with Gasteiger partial charge in [-0.25, -0.2) is 18.9 Å². The Labute approximate surface area is 145 Å². The molecular formula is C16H13BrFN5O. The van der Waals surface area contributed by atoms with Crippen molar-refractivity contribution in [3.8, 4) is 5.69 Å². The molecule has 4 rings (SSSR count). The van der Waals surface area contributed by atoms with Crippen LogP contribution in [0.1, 0.15) is 6.42 Å². The van der Waals surface area contributed by atoms with Gasteiger partial charge >= 0.3 is 6.03 Å². The molecule has 0 aliphatic carbocycles. The molecule has 6 nitrogen and oxygen atoms in total. The van der Waals surface area contributed by atoms with Crippen molar-refractivity contribution in [3.05, 3.63) is 46.9 Å². The zero-order valence-corrected chi connectivity index (χ0v) is 14.1. The van der Waals surface area contributed by atoms with E-state index in [-0.39, 0.29) is 11.7 Å². The fourth-order valence-electron chi connectivity index (χ4n) is 2.50. The Hall–Kier alpha value is -2.48. The molecule has 2 amide bonds. The zero-order chi connectivity index (χ0) is 16.7. The SMILES string of the molecule is O=C(Nc1ccc(F)c(-n2cc3cc(Br)cnc3n2)c1)N1CCC1. The topological polar surface area (TPSA) is 63.1 Å². The molecule has 1 aromatic carbocycles. The van der Waals surface area contributed by atoms with E-state index in [0.717, 1.165) is 29.4 Å². The fourth-order valence-corrected chi connectivity index (χ4v) is 2.85. The van der Waals surface area contributed by atoms with Gasteiger partial charge in [0.05, 0.1) is 0 Å². The van der Waals surface area contributed by atoms with E-state index in [1.807, 2.05) is 6.07 Å². The minimum Gasteiger partial charge on any atom is -0.324 e. The first-order valence-corrected chi connectivity index (χ1v) is 8.26. The van der Waals surface area contributed by atoms with E-state index in [4.69, 9.17) is 0 Å². The van der Waals surface area contributed by atoms with E-state index < -0.39 is 5.82 Å². The molecule has 24 heavy (non-hydrogen) atoms. The summed E-state index contributed by atoms with van der Waals surface area (Å²) in [7, 11) is 0. The lowest BCUT2D eigenvalue weighted by Gasteiger charge is -2.30. The van der Waals surface area contributed by atoms with Crippen LogP contribution >= 0.6 is 15.9 Å². The molecule has 0 bridgehead atoms. The highest BCUT2D eigenvalue weighted by Gasteiger charge is 2.20. The van der Waals surface area contributed by atoms with Crippen molar-refractivity contribution in [2.24, 2.45) is 0 Å². The summed E-state index contributed by atoms with van der Waals surface area (Å²) in [6, 6.07) is 6.11. The first-order valence-electron chi connectivity index (χ1n) is 7.47. The van der Waals surface area contributed by atoms with Gasteiger partial charge in [-0.1, -0.05) is 0 Å². The number of nitrogens with one attached hydrogen (secondary N) is 1. The normalized spacial score (nSPS) is 13.8. The molecule has 3 heterocycles. The van der Waals surface area contributed by atoms with Crippen LogP contribution < -0.4 is 5.32 Å². The van der Waals surface area contributed by atoms with Gasteiger partial charge in [0.25, 0.3) is 0 Å². The van der Waals surface area contributed by atoms with Gasteiger partial charge in [-0.2, -0.15) is 0 Å². The Kier molecular flexibility index (Phi) is 3.68. The third-order valence-corrected chi connectivity index (χ3v) is 4.35. The average Bonchev–Trinajstić information content (AvgIpc) is 2.90. The number of aromatic nitrogens is 3. The molecule has 0 atom stereocenters. The highest BCUT2D eigenvalue weighted by molar-refractivity contribution is 9.10. The molecule has 0 spiro atoms. The number of pyridine rings is 1. The number of nitrogens with zero attached hydrogens (tertiary/aromatic N) is 4. The quantitative estimate of drug-likeness (QED) is 0.728. The maximum atomic E-state index is 14.2. The number of carbonyl (C=O) groups is 1. The third kappa shape index (κ3) is 2.73. The summed E-state index contributed by atoms with van der Waals surface area (Å²) in [5.41, 5.74) is 1.30. The van der Waals surface area contributed by atoms with Crippen molar-refractivity contribution < 1.29 is 9.18 Å². The van der Waals surface area contributed by atoms with Crippen LogP contribution in [0.2, 0.25) is 0 Å². The van der Waals surface area contributed by atoms with Gasteiger partial charge in [-0.05, 0) is 46.6 Å². The molecular weight excluding hydrogens is 377 g/mol. The molecule has 0 radical (unpaired) electrons. The molecule has 1 N–H and O–H groups in total. The standard InChI is InChI=1S/C16H13BrFN5O/c17-11-6-10-9-23(21-15(10)19-8-11)14-7-12(2-3-13(14)18)20-16(24)22-4-1-5-22/h2-3,6-9H,1,4-5H2,(H,20,24). The summed E-state index contributed by atoms with van der Waals surface area (Å²) in [5, 5.41) is 7.86. The number of rotatable bonds is 2. The number of amides is 2. The highest BCUT2D eigenvalue weighted by atomic mass is 79.9. The predicted octanol–water partition coefficient (Wildman–Crippen LogP) is 3.56. The predicted molar refractivity (Wildman–Crippen MR) is 91.7 cm³/mol. The van der Waals surface area contributed by atoms with Crippen LogP contribution in [0.3, 0.4) is 0 Å². The maximum Gasteiger partial charge on any atom is 0.321 e. The fraction of sp³-hybridized carbons (Fsp3) is 0.188. The Balaban J connectivity index is 1.67. The van der Waals surface area contributed by atoms with Crippen LogP contribution in [0.5, 0.6) is 0 Å². The lowest BCUT2D eigenvalue weighted by Crippen LogP contribution is -2.44. The maximum absolute atomic E-state index is 14.2. The van der Waals surface area contributed by atoms with Crippen LogP contribution in [0, 0.1) is 5.82 Å². The van der Waals surface area contributed by atoms with Crippen molar-refractivity contribution in [2.45, 2.75) is 6.42 Å². The summed E-state index contributed by atoms with van der Waals surface area (Å²) in [5.74, 6) is -0.427. The van der Waals surface area contributed by atoms with Crippen LogP contribution in [-0.2, 0) is 0 Å². The van der Waals surface area contributed by atoms with E-state index in [1.165, 1.54) is 16.8 Å². The van der Waals surface area contributed by atoms with Crippen molar-refractivity contribution >= 4 is 38.7 Å². The van der Waals surface area contributed by atoms with Crippen molar-refractivity contribution in [3.63, 3.8) is 0 Å². The zero-order valence-electron chi connectivity index (χ0n) is 12.5. The second-order valence-corrected chi connectivity index (χ2v) is 6.49. The van der Waals surface area contributed by atoms with Gasteiger partial charge in [0.2, 0.25) is 0 Å². The second-order valence-electron chi connectivity index (χ2n) is 5.58. The minimum absolute atomic E-state index is 0.171. The first kappa shape index (κ1) is 15.1. The molecule has 1 aliphatic heterocycles. The second kappa shape index (κ2) is 5.86. The molecule has 1 fully saturated rings. The van der Waals surface area contributed by atoms with Crippen LogP contribution in [0.15, 0.2) is 41.1 Å². The van der Waals surface area contributed by atoms with Crippen molar-refractivity contribution in [2.75, 3.05) is 18.4 Å². The number of benzene rings is 1. The first-order chi connectivity index (χ1) is 11.6. The number of halogens is 2. The molecule has 0 saturated carbocycles. The smallest absolute Gasteiger partial charge is 0.321 e. The van der Waals surface area contributed by atoms with E-state index in [0.29, 0.717) is 11.3 Å². The van der Waals surface area contributed by atoms with Gasteiger partial charge < -0.3 is 10.2 Å². The molecule has 8 heteroatoms. The van der Waals surface area contributed by atoms with Gasteiger partial charge in [0.15, 0.2) is 5.65 Å². The highest BCUT2D eigenvalue weighted by Crippen LogP contribution is 2.22. The number of urea groups is 1. The Morgan fingerprint density at radius 3 is 2.88 bits per heavy atom. The number of hydrogen-bond donors (Lipinski definition) is 1. The van der Waals surface area contributed by atoms with Crippen LogP contribution in [0.4, 0.5) is 14.9 Å². The van der Waals surface area contributed by atoms with E-state index >= 15 is 0 Å². The Morgan fingerprint density at radius 1 is 1.29 bits per heavy atom. The number of fused-ring (bicyclic) bond motifs is 1. The van der Waals surface area contributed by atoms with Crippen LogP contribution in [0.25, 0.3) is 16.7 Å². The van der Waals surface area contributed by atoms with Crippen LogP contribution in [-0.4, -0.2) is 38.8 Å². The Bertz CT molecular complexity index is 937. The largest absolute Gasteiger partial charge is 0.324 e. The van der Waals surface area contributed by atoms with Crippen molar-refractivity contribution in [1.29, 1.82) is 0 Å². The average molecular weight is 390 g/mol. The molecule has 1 saturated heterocycles. The lowest BCUT2D eigenvalue weighted by molar-refractivity contribution is 0.181. The minimum atomic E-state index is -0.427. The van der Waals surface area contributed by atoms with E-state index in [2.05, 4.69) is 31.3 Å². The third-order valence-electron chi connectivity index (χ3n) is 3.91. The number of anilines is 1. The summed E-state index contributed by atoms with van der Waals surface area (Å²) in [4.78, 5) is 17.9. The summed E-state index contributed by atoms with van der Waals surface area (Å²) >= 11 is 3.35.